The summed E-state index contributed by atoms with van der Waals surface area (Å²) in [5.74, 6) is -1.40. The molecule has 0 saturated carbocycles. The zero-order valence-electron chi connectivity index (χ0n) is 11.9. The Hall–Kier alpha value is -2.71. The summed E-state index contributed by atoms with van der Waals surface area (Å²) in [6.45, 7) is -0.563. The van der Waals surface area contributed by atoms with Crippen LogP contribution in [0.4, 0.5) is 11.4 Å². The molecular weight excluding hydrogens is 361 g/mol. The number of aromatic nitrogens is 1. The van der Waals surface area contributed by atoms with Gasteiger partial charge in [0.05, 0.1) is 21.2 Å². The summed E-state index contributed by atoms with van der Waals surface area (Å²) < 4.78 is 4.83. The van der Waals surface area contributed by atoms with Crippen LogP contribution in [-0.2, 0) is 9.53 Å². The second-order valence-corrected chi connectivity index (χ2v) is 5.21. The Balaban J connectivity index is 1.94. The fourth-order valence-electron chi connectivity index (χ4n) is 1.65. The van der Waals surface area contributed by atoms with Gasteiger partial charge < -0.3 is 10.1 Å². The average Bonchev–Trinajstić information content (AvgIpc) is 2.54. The predicted molar refractivity (Wildman–Crippen MR) is 86.3 cm³/mol. The van der Waals surface area contributed by atoms with Gasteiger partial charge in [0.15, 0.2) is 6.61 Å². The van der Waals surface area contributed by atoms with Crippen LogP contribution in [0, 0.1) is 10.1 Å². The maximum Gasteiger partial charge on any atom is 0.338 e. The van der Waals surface area contributed by atoms with Crippen molar-refractivity contribution in [2.24, 2.45) is 0 Å². The summed E-state index contributed by atoms with van der Waals surface area (Å²) in [4.78, 5) is 37.2. The molecule has 0 aliphatic carbocycles. The largest absolute Gasteiger partial charge is 0.452 e. The lowest BCUT2D eigenvalue weighted by Crippen LogP contribution is -2.21. The number of nitro groups is 1. The number of anilines is 1. The third kappa shape index (κ3) is 4.64. The monoisotopic (exact) mass is 369 g/mol. The minimum atomic E-state index is -0.746. The molecule has 0 aliphatic rings. The number of hydrogen-bond acceptors (Lipinski definition) is 6. The zero-order chi connectivity index (χ0) is 17.7. The minimum Gasteiger partial charge on any atom is -0.452 e. The van der Waals surface area contributed by atoms with E-state index in [4.69, 9.17) is 27.9 Å². The van der Waals surface area contributed by atoms with Gasteiger partial charge in [0.2, 0.25) is 0 Å². The van der Waals surface area contributed by atoms with Gasteiger partial charge in [0, 0.05) is 18.3 Å². The number of nitrogens with zero attached hydrogens (tertiary/aromatic N) is 2. The number of esters is 1. The SMILES string of the molecule is O=C(COC(=O)c1ccnc(Cl)c1)Nc1ccc([N+](=O)[O-])cc1Cl. The first-order valence-electron chi connectivity index (χ1n) is 6.39. The third-order valence-electron chi connectivity index (χ3n) is 2.73. The molecule has 8 nitrogen and oxygen atoms in total. The number of non-ortho nitro benzene ring substituents is 1. The number of amides is 1. The average molecular weight is 370 g/mol. The Labute approximate surface area is 145 Å². The molecule has 0 spiro atoms. The van der Waals surface area contributed by atoms with Gasteiger partial charge in [-0.05, 0) is 18.2 Å². The van der Waals surface area contributed by atoms with Crippen LogP contribution in [0.25, 0.3) is 0 Å². The van der Waals surface area contributed by atoms with Crippen LogP contribution in [0.2, 0.25) is 10.2 Å². The molecular formula is C14H9Cl2N3O5. The molecule has 0 unspecified atom stereocenters. The van der Waals surface area contributed by atoms with Gasteiger partial charge in [-0.15, -0.1) is 0 Å². The highest BCUT2D eigenvalue weighted by atomic mass is 35.5. The Morgan fingerprint density at radius 1 is 1.25 bits per heavy atom. The minimum absolute atomic E-state index is 0.00945. The number of halogens is 2. The number of benzene rings is 1. The van der Waals surface area contributed by atoms with Gasteiger partial charge >= 0.3 is 5.97 Å². The van der Waals surface area contributed by atoms with E-state index in [1.165, 1.54) is 30.5 Å². The lowest BCUT2D eigenvalue weighted by molar-refractivity contribution is -0.384. The molecule has 1 N–H and O–H groups in total. The van der Waals surface area contributed by atoms with E-state index in [1.54, 1.807) is 0 Å². The first-order chi connectivity index (χ1) is 11.4. The number of nitro benzene ring substituents is 1. The van der Waals surface area contributed by atoms with Crippen molar-refractivity contribution in [2.75, 3.05) is 11.9 Å². The van der Waals surface area contributed by atoms with Crippen LogP contribution in [-0.4, -0.2) is 28.4 Å². The lowest BCUT2D eigenvalue weighted by atomic mass is 10.3. The standard InChI is InChI=1S/C14H9Cl2N3O5/c15-10-6-9(19(22)23)1-2-11(10)18-13(20)7-24-14(21)8-3-4-17-12(16)5-8/h1-6H,7H2,(H,18,20). The van der Waals surface area contributed by atoms with Crippen LogP contribution in [0.15, 0.2) is 36.5 Å². The van der Waals surface area contributed by atoms with E-state index in [1.807, 2.05) is 0 Å². The number of carbonyl (C=O) groups is 2. The second kappa shape index (κ2) is 7.71. The summed E-state index contributed by atoms with van der Waals surface area (Å²) in [5.41, 5.74) is 0.102. The molecule has 1 aromatic carbocycles. The van der Waals surface area contributed by atoms with E-state index < -0.39 is 23.4 Å². The van der Waals surface area contributed by atoms with Crippen molar-refractivity contribution in [1.29, 1.82) is 0 Å². The number of pyridine rings is 1. The van der Waals surface area contributed by atoms with Gasteiger partial charge in [-0.25, -0.2) is 9.78 Å². The zero-order valence-corrected chi connectivity index (χ0v) is 13.4. The van der Waals surface area contributed by atoms with Crippen molar-refractivity contribution >= 4 is 46.5 Å². The first-order valence-corrected chi connectivity index (χ1v) is 7.15. The predicted octanol–water partition coefficient (Wildman–Crippen LogP) is 3.09. The Morgan fingerprint density at radius 3 is 2.62 bits per heavy atom. The summed E-state index contributed by atoms with van der Waals surface area (Å²) in [7, 11) is 0. The molecule has 0 saturated heterocycles. The molecule has 1 heterocycles. The van der Waals surface area contributed by atoms with Crippen molar-refractivity contribution in [2.45, 2.75) is 0 Å². The fourth-order valence-corrected chi connectivity index (χ4v) is 2.05. The van der Waals surface area contributed by atoms with Crippen LogP contribution in [0.1, 0.15) is 10.4 Å². The highest BCUT2D eigenvalue weighted by Crippen LogP contribution is 2.26. The Morgan fingerprint density at radius 2 is 2.00 bits per heavy atom. The smallest absolute Gasteiger partial charge is 0.338 e. The molecule has 2 aromatic rings. The lowest BCUT2D eigenvalue weighted by Gasteiger charge is -2.08. The highest BCUT2D eigenvalue weighted by Gasteiger charge is 2.14. The van der Waals surface area contributed by atoms with Gasteiger partial charge in [-0.1, -0.05) is 23.2 Å². The molecule has 1 aromatic heterocycles. The van der Waals surface area contributed by atoms with Gasteiger partial charge in [0.1, 0.15) is 5.15 Å². The normalized spacial score (nSPS) is 10.1. The summed E-state index contributed by atoms with van der Waals surface area (Å²) in [6.07, 6.45) is 1.33. The van der Waals surface area contributed by atoms with E-state index >= 15 is 0 Å². The van der Waals surface area contributed by atoms with Crippen molar-refractivity contribution in [3.05, 3.63) is 62.4 Å². The van der Waals surface area contributed by atoms with Gasteiger partial charge in [-0.2, -0.15) is 0 Å². The van der Waals surface area contributed by atoms with Crippen molar-refractivity contribution in [1.82, 2.24) is 4.98 Å². The summed E-state index contributed by atoms with van der Waals surface area (Å²) in [5, 5.41) is 13.1. The molecule has 0 bridgehead atoms. The van der Waals surface area contributed by atoms with E-state index in [9.17, 15) is 19.7 Å². The van der Waals surface area contributed by atoms with Crippen LogP contribution in [0.5, 0.6) is 0 Å². The first kappa shape index (κ1) is 17.6. The number of carbonyl (C=O) groups excluding carboxylic acids is 2. The van der Waals surface area contributed by atoms with Crippen molar-refractivity contribution in [3.8, 4) is 0 Å². The summed E-state index contributed by atoms with van der Waals surface area (Å²) in [6, 6.07) is 6.26. The van der Waals surface area contributed by atoms with E-state index in [-0.39, 0.29) is 27.1 Å². The Bertz CT molecular complexity index is 813. The maximum atomic E-state index is 11.8. The van der Waals surface area contributed by atoms with Crippen LogP contribution < -0.4 is 5.32 Å². The maximum absolute atomic E-state index is 11.8. The molecule has 1 amide bonds. The molecule has 0 atom stereocenters. The number of rotatable bonds is 5. The van der Waals surface area contributed by atoms with E-state index in [0.29, 0.717) is 0 Å². The van der Waals surface area contributed by atoms with E-state index in [0.717, 1.165) is 6.07 Å². The molecule has 24 heavy (non-hydrogen) atoms. The molecule has 2 rings (SSSR count). The number of ether oxygens (including phenoxy) is 1. The second-order valence-electron chi connectivity index (χ2n) is 4.41. The molecule has 10 heteroatoms. The topological polar surface area (TPSA) is 111 Å². The number of hydrogen-bond donors (Lipinski definition) is 1. The van der Waals surface area contributed by atoms with Gasteiger partial charge in [-0.3, -0.25) is 14.9 Å². The van der Waals surface area contributed by atoms with Gasteiger partial charge in [0.25, 0.3) is 11.6 Å². The molecule has 0 aliphatic heterocycles. The van der Waals surface area contributed by atoms with E-state index in [2.05, 4.69) is 10.3 Å². The fraction of sp³-hybridized carbons (Fsp3) is 0.0714. The van der Waals surface area contributed by atoms with Crippen LogP contribution in [0.3, 0.4) is 0 Å². The molecule has 0 fully saturated rings. The molecule has 124 valence electrons. The van der Waals surface area contributed by atoms with Crippen LogP contribution >= 0.6 is 23.2 Å². The van der Waals surface area contributed by atoms with Crippen molar-refractivity contribution in [3.63, 3.8) is 0 Å². The third-order valence-corrected chi connectivity index (χ3v) is 3.25. The van der Waals surface area contributed by atoms with Crippen molar-refractivity contribution < 1.29 is 19.2 Å². The quantitative estimate of drug-likeness (QED) is 0.375. The summed E-state index contributed by atoms with van der Waals surface area (Å²) >= 11 is 11.5. The Kier molecular flexibility index (Phi) is 5.67. The number of nitrogens with one attached hydrogen (secondary N) is 1. The molecule has 0 radical (unpaired) electrons. The highest BCUT2D eigenvalue weighted by molar-refractivity contribution is 6.34.